The maximum absolute atomic E-state index is 13.7. The Labute approximate surface area is 348 Å². The highest BCUT2D eigenvalue weighted by molar-refractivity contribution is 7.81. The number of hydrogen-bond acceptors (Lipinski definition) is 11. The second-order valence-electron chi connectivity index (χ2n) is 14.6. The van der Waals surface area contributed by atoms with Crippen LogP contribution < -0.4 is 30.5 Å². The first kappa shape index (κ1) is 42.8. The predicted octanol–water partition coefficient (Wildman–Crippen LogP) is 5.47. The van der Waals surface area contributed by atoms with Gasteiger partial charge in [0, 0.05) is 61.2 Å². The van der Waals surface area contributed by atoms with E-state index >= 15 is 0 Å². The zero-order chi connectivity index (χ0) is 42.8. The molecular formula is C40H41ClF3N9O5S. The highest BCUT2D eigenvalue weighted by Crippen LogP contribution is 2.40. The maximum atomic E-state index is 13.7. The fourth-order valence-electron chi connectivity index (χ4n) is 7.11. The number of nitrogens with one attached hydrogen (secondary N) is 3. The molecule has 310 valence electrons. The molecular weight excluding hydrogens is 811 g/mol. The first-order valence-corrected chi connectivity index (χ1v) is 19.5. The van der Waals surface area contributed by atoms with E-state index in [0.717, 1.165) is 16.7 Å². The Balaban J connectivity index is 1.02. The van der Waals surface area contributed by atoms with Gasteiger partial charge in [0.25, 0.3) is 11.8 Å². The number of nitriles is 1. The standard InChI is InChI=1S/C40H41ClF3N9O5S/c1-5-24-16-28(53-38(59)52(37(57)39(53,3)4)29-20-30(40(42,43)44)32(21-45)46-22-29)6-8-33(24)58-15-14-50-10-12-51(13-11-50)23(2)35(55)48-27-18-25(41)17-26(19-27)47-31-7-9-34(54)49-36(31)56/h6,8,16-20,22,31,47H,2,5,7,9-15H2,1,3-4H3,(H,48,55)(H,49,54,56)/t31-/m1/s1. The van der Waals surface area contributed by atoms with Gasteiger partial charge in [-0.3, -0.25) is 34.3 Å². The molecule has 59 heavy (non-hydrogen) atoms. The van der Waals surface area contributed by atoms with Crippen LogP contribution in [0.3, 0.4) is 0 Å². The normalized spacial score (nSPS) is 18.4. The molecule has 1 atom stereocenters. The summed E-state index contributed by atoms with van der Waals surface area (Å²) in [6.45, 7) is 12.6. The number of pyridine rings is 1. The fourth-order valence-corrected chi connectivity index (χ4v) is 7.87. The molecule has 3 fully saturated rings. The number of carbonyl (C=O) groups is 4. The van der Waals surface area contributed by atoms with Crippen LogP contribution in [0.25, 0.3) is 0 Å². The third-order valence-electron chi connectivity index (χ3n) is 10.3. The summed E-state index contributed by atoms with van der Waals surface area (Å²) >= 11 is 12.0. The van der Waals surface area contributed by atoms with Gasteiger partial charge < -0.3 is 25.2 Å². The molecule has 2 aromatic carbocycles. The van der Waals surface area contributed by atoms with Crippen LogP contribution in [-0.4, -0.2) is 94.4 Å². The molecule has 4 amide bonds. The largest absolute Gasteiger partial charge is 0.492 e. The maximum Gasteiger partial charge on any atom is 0.419 e. The van der Waals surface area contributed by atoms with Crippen molar-refractivity contribution in [1.82, 2.24) is 20.1 Å². The Morgan fingerprint density at radius 1 is 1.10 bits per heavy atom. The van der Waals surface area contributed by atoms with E-state index in [0.29, 0.717) is 91.8 Å². The van der Waals surface area contributed by atoms with E-state index in [1.807, 2.05) is 17.9 Å². The van der Waals surface area contributed by atoms with Gasteiger partial charge in [-0.25, -0.2) is 4.98 Å². The molecule has 1 aromatic heterocycles. The lowest BCUT2D eigenvalue weighted by molar-refractivity contribution is -0.138. The van der Waals surface area contributed by atoms with Crippen LogP contribution >= 0.6 is 23.8 Å². The summed E-state index contributed by atoms with van der Waals surface area (Å²) in [5.41, 5.74) is -0.917. The Kier molecular flexibility index (Phi) is 12.5. The number of benzene rings is 2. The number of halogens is 4. The minimum Gasteiger partial charge on any atom is -0.492 e. The van der Waals surface area contributed by atoms with Crippen LogP contribution in [0, 0.1) is 11.3 Å². The Hall–Kier alpha value is -5.77. The van der Waals surface area contributed by atoms with Gasteiger partial charge in [0.1, 0.15) is 30.0 Å². The summed E-state index contributed by atoms with van der Waals surface area (Å²) in [7, 11) is 0. The summed E-state index contributed by atoms with van der Waals surface area (Å²) < 4.78 is 47.4. The van der Waals surface area contributed by atoms with Crippen molar-refractivity contribution in [3.63, 3.8) is 0 Å². The highest BCUT2D eigenvalue weighted by atomic mass is 35.5. The van der Waals surface area contributed by atoms with Crippen molar-refractivity contribution in [3.8, 4) is 11.8 Å². The van der Waals surface area contributed by atoms with Crippen molar-refractivity contribution < 1.29 is 37.1 Å². The number of aryl methyl sites for hydroxylation is 1. The number of carbonyl (C=O) groups excluding carboxylic acids is 4. The van der Waals surface area contributed by atoms with E-state index in [2.05, 4.69) is 32.4 Å². The summed E-state index contributed by atoms with van der Waals surface area (Å²) in [4.78, 5) is 60.9. The number of anilines is 4. The van der Waals surface area contributed by atoms with Gasteiger partial charge in [-0.2, -0.15) is 18.4 Å². The van der Waals surface area contributed by atoms with Gasteiger partial charge in [0.15, 0.2) is 10.8 Å². The molecule has 0 radical (unpaired) electrons. The lowest BCUT2D eigenvalue weighted by Crippen LogP contribution is -2.48. The Bertz CT molecular complexity index is 2260. The van der Waals surface area contributed by atoms with Crippen molar-refractivity contribution in [1.29, 1.82) is 5.26 Å². The first-order valence-electron chi connectivity index (χ1n) is 18.7. The van der Waals surface area contributed by atoms with Crippen LogP contribution in [0.4, 0.5) is 35.9 Å². The van der Waals surface area contributed by atoms with Gasteiger partial charge in [0.2, 0.25) is 11.8 Å². The zero-order valence-corrected chi connectivity index (χ0v) is 34.0. The molecule has 0 aliphatic carbocycles. The number of thiocarbonyl (C=S) groups is 1. The van der Waals surface area contributed by atoms with Gasteiger partial charge >= 0.3 is 6.18 Å². The van der Waals surface area contributed by atoms with Crippen LogP contribution in [0.2, 0.25) is 5.02 Å². The van der Waals surface area contributed by atoms with Crippen molar-refractivity contribution in [2.75, 3.05) is 59.8 Å². The number of nitrogens with zero attached hydrogens (tertiary/aromatic N) is 6. The number of imide groups is 1. The summed E-state index contributed by atoms with van der Waals surface area (Å²) in [6, 6.07) is 11.8. The van der Waals surface area contributed by atoms with Crippen molar-refractivity contribution in [2.45, 2.75) is 57.8 Å². The summed E-state index contributed by atoms with van der Waals surface area (Å²) in [5.74, 6) is -1.07. The number of ether oxygens (including phenoxy) is 1. The molecule has 0 saturated carbocycles. The third kappa shape index (κ3) is 9.27. The van der Waals surface area contributed by atoms with E-state index in [-0.39, 0.29) is 23.1 Å². The lowest BCUT2D eigenvalue weighted by atomic mass is 10.0. The molecule has 4 heterocycles. The number of aromatic nitrogens is 1. The number of rotatable bonds is 12. The zero-order valence-electron chi connectivity index (χ0n) is 32.4. The predicted molar refractivity (Wildman–Crippen MR) is 219 cm³/mol. The van der Waals surface area contributed by atoms with Gasteiger partial charge in [-0.15, -0.1) is 0 Å². The summed E-state index contributed by atoms with van der Waals surface area (Å²) in [6.07, 6.45) is -2.71. The SMILES string of the molecule is C=C(C(=O)Nc1cc(Cl)cc(N[C@@H]2CCC(=O)NC2=O)c1)N1CCN(CCOc2ccc(N3C(=S)N(c4cnc(C#N)c(C(F)(F)F)c4)C(=O)C3(C)C)cc2CC)CC1. The average Bonchev–Trinajstić information content (AvgIpc) is 3.36. The number of hydrogen-bond donors (Lipinski definition) is 3. The molecule has 3 aliphatic heterocycles. The summed E-state index contributed by atoms with van der Waals surface area (Å²) in [5, 5.41) is 17.7. The molecule has 3 aromatic rings. The molecule has 6 rings (SSSR count). The van der Waals surface area contributed by atoms with Crippen molar-refractivity contribution in [2.24, 2.45) is 0 Å². The average molecular weight is 852 g/mol. The van der Waals surface area contributed by atoms with Gasteiger partial charge in [-0.05, 0) is 86.9 Å². The lowest BCUT2D eigenvalue weighted by Gasteiger charge is -2.36. The highest BCUT2D eigenvalue weighted by Gasteiger charge is 2.51. The molecule has 3 aliphatic rings. The van der Waals surface area contributed by atoms with Crippen LogP contribution in [0.15, 0.2) is 60.9 Å². The van der Waals surface area contributed by atoms with Crippen LogP contribution in [0.1, 0.15) is 50.4 Å². The molecule has 3 N–H and O–H groups in total. The molecule has 14 nitrogen and oxygen atoms in total. The molecule has 19 heteroatoms. The molecule has 0 unspecified atom stereocenters. The van der Waals surface area contributed by atoms with E-state index in [9.17, 15) is 37.6 Å². The quantitative estimate of drug-likeness (QED) is 0.120. The van der Waals surface area contributed by atoms with E-state index in [1.54, 1.807) is 49.1 Å². The van der Waals surface area contributed by atoms with Crippen molar-refractivity contribution in [3.05, 3.63) is 82.8 Å². The first-order chi connectivity index (χ1) is 27.9. The number of piperazine rings is 1. The van der Waals surface area contributed by atoms with Crippen LogP contribution in [-0.2, 0) is 31.8 Å². The number of amides is 4. The Morgan fingerprint density at radius 3 is 2.47 bits per heavy atom. The molecule has 0 spiro atoms. The molecule has 3 saturated heterocycles. The van der Waals surface area contributed by atoms with Gasteiger partial charge in [0.05, 0.1) is 23.1 Å². The van der Waals surface area contributed by atoms with E-state index in [4.69, 9.17) is 28.6 Å². The second kappa shape index (κ2) is 17.2. The smallest absolute Gasteiger partial charge is 0.419 e. The Morgan fingerprint density at radius 2 is 1.81 bits per heavy atom. The third-order valence-corrected chi connectivity index (χ3v) is 10.9. The fraction of sp³-hybridized carbons (Fsp3) is 0.375. The van der Waals surface area contributed by atoms with E-state index in [1.165, 1.54) is 6.07 Å². The topological polar surface area (TPSA) is 163 Å². The molecule has 0 bridgehead atoms. The second-order valence-corrected chi connectivity index (χ2v) is 15.4. The van der Waals surface area contributed by atoms with Crippen molar-refractivity contribution >= 4 is 75.3 Å². The number of alkyl halides is 3. The number of piperidine rings is 1. The van der Waals surface area contributed by atoms with Crippen LogP contribution in [0.5, 0.6) is 5.75 Å². The van der Waals surface area contributed by atoms with E-state index < -0.39 is 46.7 Å². The minimum absolute atomic E-state index is 0.0346. The minimum atomic E-state index is -4.87. The monoisotopic (exact) mass is 851 g/mol. The van der Waals surface area contributed by atoms with Gasteiger partial charge in [-0.1, -0.05) is 25.1 Å².